The van der Waals surface area contributed by atoms with E-state index in [9.17, 15) is 14.4 Å². The normalized spacial score (nSPS) is 10.1. The average Bonchev–Trinajstić information content (AvgIpc) is 2.64. The van der Waals surface area contributed by atoms with Gasteiger partial charge in [0.2, 0.25) is 5.91 Å². The van der Waals surface area contributed by atoms with Gasteiger partial charge in [0.25, 0.3) is 11.8 Å². The maximum atomic E-state index is 12.2. The molecule has 0 aliphatic heterocycles. The summed E-state index contributed by atoms with van der Waals surface area (Å²) in [5.41, 5.74) is 7.86. The van der Waals surface area contributed by atoms with Gasteiger partial charge in [-0.15, -0.1) is 0 Å². The first-order valence-electron chi connectivity index (χ1n) is 8.08. The zero-order chi connectivity index (χ0) is 19.1. The van der Waals surface area contributed by atoms with Crippen molar-refractivity contribution in [3.05, 3.63) is 65.2 Å². The number of hydrogen-bond acceptors (Lipinski definition) is 4. The van der Waals surface area contributed by atoms with Crippen molar-refractivity contribution in [1.82, 2.24) is 10.6 Å². The molecule has 0 heterocycles. The lowest BCUT2D eigenvalue weighted by Gasteiger charge is -2.12. The highest BCUT2D eigenvalue weighted by atomic mass is 16.2. The van der Waals surface area contributed by atoms with Crippen molar-refractivity contribution in [2.24, 2.45) is 5.73 Å². The molecule has 0 fully saturated rings. The summed E-state index contributed by atoms with van der Waals surface area (Å²) in [5, 5.41) is 5.25. The monoisotopic (exact) mass is 354 g/mol. The Balaban J connectivity index is 1.89. The quantitative estimate of drug-likeness (QED) is 0.687. The third-order valence-corrected chi connectivity index (χ3v) is 3.74. The molecule has 3 amide bonds. The number of primary amides is 1. The topological polar surface area (TPSA) is 105 Å². The molecule has 0 atom stereocenters. The van der Waals surface area contributed by atoms with Gasteiger partial charge < -0.3 is 21.3 Å². The Morgan fingerprint density at radius 1 is 0.846 bits per heavy atom. The van der Waals surface area contributed by atoms with Gasteiger partial charge >= 0.3 is 0 Å². The molecule has 0 aliphatic rings. The van der Waals surface area contributed by atoms with Gasteiger partial charge in [0.1, 0.15) is 0 Å². The van der Waals surface area contributed by atoms with E-state index in [0.29, 0.717) is 17.7 Å². The number of amides is 3. The Morgan fingerprint density at radius 2 is 1.35 bits per heavy atom. The fourth-order valence-electron chi connectivity index (χ4n) is 2.24. The van der Waals surface area contributed by atoms with Gasteiger partial charge in [-0.25, -0.2) is 0 Å². The van der Waals surface area contributed by atoms with Crippen LogP contribution in [-0.2, 0) is 11.3 Å². The highest BCUT2D eigenvalue weighted by molar-refractivity contribution is 5.96. The summed E-state index contributed by atoms with van der Waals surface area (Å²) >= 11 is 0. The van der Waals surface area contributed by atoms with Gasteiger partial charge in [-0.2, -0.15) is 0 Å². The predicted octanol–water partition coefficient (Wildman–Crippen LogP) is 0.898. The summed E-state index contributed by atoms with van der Waals surface area (Å²) in [6, 6.07) is 14.1. The summed E-state index contributed by atoms with van der Waals surface area (Å²) in [7, 11) is 3.87. The minimum Gasteiger partial charge on any atom is -0.378 e. The maximum absolute atomic E-state index is 12.2. The number of benzene rings is 2. The molecule has 7 nitrogen and oxygen atoms in total. The van der Waals surface area contributed by atoms with Crippen molar-refractivity contribution in [2.75, 3.05) is 25.5 Å². The Kier molecular flexibility index (Phi) is 6.32. The van der Waals surface area contributed by atoms with E-state index in [4.69, 9.17) is 5.73 Å². The van der Waals surface area contributed by atoms with Crippen LogP contribution in [0, 0.1) is 0 Å². The molecule has 2 rings (SSSR count). The SMILES string of the molecule is CN(C)c1ccc(C(=O)NCc2ccc(C(=O)NCC(N)=O)cc2)cc1. The molecule has 0 radical (unpaired) electrons. The van der Waals surface area contributed by atoms with Crippen molar-refractivity contribution in [3.63, 3.8) is 0 Å². The molecule has 0 saturated carbocycles. The third kappa shape index (κ3) is 5.34. The Bertz CT molecular complexity index is 783. The summed E-state index contributed by atoms with van der Waals surface area (Å²) in [6.07, 6.45) is 0. The van der Waals surface area contributed by atoms with E-state index in [-0.39, 0.29) is 18.4 Å². The first kappa shape index (κ1) is 19.0. The minimum atomic E-state index is -0.601. The fraction of sp³-hybridized carbons (Fsp3) is 0.211. The largest absolute Gasteiger partial charge is 0.378 e. The first-order valence-corrected chi connectivity index (χ1v) is 8.08. The summed E-state index contributed by atoms with van der Waals surface area (Å²) < 4.78 is 0. The highest BCUT2D eigenvalue weighted by Crippen LogP contribution is 2.12. The molecular formula is C19H22N4O3. The molecule has 7 heteroatoms. The zero-order valence-corrected chi connectivity index (χ0v) is 14.8. The average molecular weight is 354 g/mol. The number of nitrogens with one attached hydrogen (secondary N) is 2. The van der Waals surface area contributed by atoms with E-state index in [1.165, 1.54) is 0 Å². The number of nitrogens with two attached hydrogens (primary N) is 1. The third-order valence-electron chi connectivity index (χ3n) is 3.74. The smallest absolute Gasteiger partial charge is 0.251 e. The molecule has 0 aromatic heterocycles. The molecule has 26 heavy (non-hydrogen) atoms. The number of nitrogens with zero attached hydrogens (tertiary/aromatic N) is 1. The Hall–Kier alpha value is -3.35. The van der Waals surface area contributed by atoms with Crippen LogP contribution in [0.3, 0.4) is 0 Å². The van der Waals surface area contributed by atoms with Gasteiger partial charge in [0.15, 0.2) is 0 Å². The van der Waals surface area contributed by atoms with Gasteiger partial charge in [-0.05, 0) is 42.0 Å². The Morgan fingerprint density at radius 3 is 1.85 bits per heavy atom. The standard InChI is InChI=1S/C19H22N4O3/c1-23(2)16-9-7-15(8-10-16)18(25)21-11-13-3-5-14(6-4-13)19(26)22-12-17(20)24/h3-10H,11-12H2,1-2H3,(H2,20,24)(H,21,25)(H,22,26). The number of anilines is 1. The van der Waals surface area contributed by atoms with Crippen LogP contribution in [0.2, 0.25) is 0 Å². The molecule has 136 valence electrons. The van der Waals surface area contributed by atoms with Gasteiger partial charge in [-0.1, -0.05) is 12.1 Å². The van der Waals surface area contributed by atoms with Crippen LogP contribution in [0.25, 0.3) is 0 Å². The molecular weight excluding hydrogens is 332 g/mol. The molecule has 0 spiro atoms. The predicted molar refractivity (Wildman–Crippen MR) is 99.9 cm³/mol. The fourth-order valence-corrected chi connectivity index (χ4v) is 2.24. The van der Waals surface area contributed by atoms with Crippen molar-refractivity contribution in [2.45, 2.75) is 6.54 Å². The van der Waals surface area contributed by atoms with Crippen LogP contribution in [0.5, 0.6) is 0 Å². The van der Waals surface area contributed by atoms with E-state index < -0.39 is 5.91 Å². The van der Waals surface area contributed by atoms with Gasteiger partial charge in [0, 0.05) is 37.5 Å². The second-order valence-electron chi connectivity index (χ2n) is 5.97. The summed E-state index contributed by atoms with van der Waals surface area (Å²) in [6.45, 7) is 0.140. The van der Waals surface area contributed by atoms with E-state index >= 15 is 0 Å². The van der Waals surface area contributed by atoms with Crippen LogP contribution in [0.1, 0.15) is 26.3 Å². The van der Waals surface area contributed by atoms with E-state index in [0.717, 1.165) is 11.3 Å². The highest BCUT2D eigenvalue weighted by Gasteiger charge is 2.08. The van der Waals surface area contributed by atoms with Gasteiger partial charge in [-0.3, -0.25) is 14.4 Å². The maximum Gasteiger partial charge on any atom is 0.251 e. The lowest BCUT2D eigenvalue weighted by molar-refractivity contribution is -0.117. The molecule has 4 N–H and O–H groups in total. The lowest BCUT2D eigenvalue weighted by atomic mass is 10.1. The van der Waals surface area contributed by atoms with Gasteiger partial charge in [0.05, 0.1) is 6.54 Å². The molecule has 2 aromatic rings. The number of hydrogen-bond donors (Lipinski definition) is 3. The zero-order valence-electron chi connectivity index (χ0n) is 14.8. The van der Waals surface area contributed by atoms with Crippen molar-refractivity contribution >= 4 is 23.4 Å². The molecule has 0 aliphatic carbocycles. The van der Waals surface area contributed by atoms with Crippen LogP contribution in [0.4, 0.5) is 5.69 Å². The van der Waals surface area contributed by atoms with Crippen LogP contribution in [-0.4, -0.2) is 38.4 Å². The molecule has 0 bridgehead atoms. The minimum absolute atomic E-state index is 0.168. The number of rotatable bonds is 7. The van der Waals surface area contributed by atoms with E-state index in [1.54, 1.807) is 36.4 Å². The summed E-state index contributed by atoms with van der Waals surface area (Å²) in [4.78, 5) is 36.6. The van der Waals surface area contributed by atoms with Crippen molar-refractivity contribution in [1.29, 1.82) is 0 Å². The molecule has 0 saturated heterocycles. The van der Waals surface area contributed by atoms with Crippen LogP contribution < -0.4 is 21.3 Å². The van der Waals surface area contributed by atoms with Crippen LogP contribution in [0.15, 0.2) is 48.5 Å². The Labute approximate surface area is 152 Å². The number of carbonyl (C=O) groups is 3. The molecule has 2 aromatic carbocycles. The summed E-state index contributed by atoms with van der Waals surface area (Å²) in [5.74, 6) is -1.14. The lowest BCUT2D eigenvalue weighted by Crippen LogP contribution is -2.33. The van der Waals surface area contributed by atoms with Crippen molar-refractivity contribution in [3.8, 4) is 0 Å². The first-order chi connectivity index (χ1) is 12.4. The van der Waals surface area contributed by atoms with Crippen LogP contribution >= 0.6 is 0 Å². The second-order valence-corrected chi connectivity index (χ2v) is 5.97. The van der Waals surface area contributed by atoms with E-state index in [2.05, 4.69) is 10.6 Å². The van der Waals surface area contributed by atoms with E-state index in [1.807, 2.05) is 31.1 Å². The van der Waals surface area contributed by atoms with Crippen molar-refractivity contribution < 1.29 is 14.4 Å². The second kappa shape index (κ2) is 8.66. The number of carbonyl (C=O) groups excluding carboxylic acids is 3. The molecule has 0 unspecified atom stereocenters.